The first-order valence-corrected chi connectivity index (χ1v) is 9.22. The fourth-order valence-corrected chi connectivity index (χ4v) is 4.30. The fraction of sp³-hybridized carbons (Fsp3) is 0.625. The molecule has 23 heavy (non-hydrogen) atoms. The molecule has 1 saturated heterocycles. The Hall–Kier alpha value is -0.990. The monoisotopic (exact) mass is 343 g/mol. The van der Waals surface area contributed by atoms with E-state index in [9.17, 15) is 8.42 Å². The molecule has 0 bridgehead atoms. The summed E-state index contributed by atoms with van der Waals surface area (Å²) in [6, 6.07) is 6.87. The summed E-state index contributed by atoms with van der Waals surface area (Å²) in [6.07, 6.45) is 1.68. The molecule has 1 aliphatic heterocycles. The molecule has 0 amide bonds. The van der Waals surface area contributed by atoms with Crippen molar-refractivity contribution in [1.29, 1.82) is 0 Å². The van der Waals surface area contributed by atoms with Gasteiger partial charge in [-0.15, -0.1) is 0 Å². The molecule has 0 aliphatic carbocycles. The Morgan fingerprint density at radius 3 is 2.57 bits per heavy atom. The van der Waals surface area contributed by atoms with Crippen molar-refractivity contribution in [3.8, 4) is 0 Å². The van der Waals surface area contributed by atoms with Crippen LogP contribution in [0, 0.1) is 6.92 Å². The third-order valence-electron chi connectivity index (χ3n) is 3.83. The van der Waals surface area contributed by atoms with E-state index >= 15 is 0 Å². The molecule has 1 aromatic carbocycles. The molecule has 130 valence electrons. The van der Waals surface area contributed by atoms with Crippen molar-refractivity contribution in [2.24, 2.45) is 0 Å². The lowest BCUT2D eigenvalue weighted by molar-refractivity contribution is -0.0530. The van der Waals surface area contributed by atoms with E-state index in [1.807, 2.05) is 19.1 Å². The van der Waals surface area contributed by atoms with Gasteiger partial charge >= 0.3 is 0 Å². The summed E-state index contributed by atoms with van der Waals surface area (Å²) >= 11 is 0. The zero-order valence-electron chi connectivity index (χ0n) is 13.7. The van der Waals surface area contributed by atoms with E-state index in [-0.39, 0.29) is 12.8 Å². The van der Waals surface area contributed by atoms with Crippen LogP contribution in [0.5, 0.6) is 0 Å². The summed E-state index contributed by atoms with van der Waals surface area (Å²) in [5.74, 6) is 0. The molecule has 1 heterocycles. The standard InChI is InChI=1S/C16H25NO5S/c1-14-5-7-16(8-6-14)23(18,19)17-9-3-4-15(17)12-21-10-11-22-13-20-2/h5-8,15H,3-4,9-13H2,1-2H3/t15-/m0/s1. The largest absolute Gasteiger partial charge is 0.377 e. The highest BCUT2D eigenvalue weighted by Gasteiger charge is 2.35. The minimum atomic E-state index is -3.45. The number of benzene rings is 1. The van der Waals surface area contributed by atoms with Gasteiger partial charge in [0.2, 0.25) is 10.0 Å². The van der Waals surface area contributed by atoms with Gasteiger partial charge in [-0.2, -0.15) is 4.31 Å². The Balaban J connectivity index is 1.91. The van der Waals surface area contributed by atoms with Gasteiger partial charge in [0.1, 0.15) is 6.79 Å². The van der Waals surface area contributed by atoms with Crippen LogP contribution in [0.2, 0.25) is 0 Å². The summed E-state index contributed by atoms with van der Waals surface area (Å²) < 4.78 is 42.6. The molecule has 0 radical (unpaired) electrons. The predicted octanol–water partition coefficient (Wildman–Crippen LogP) is 1.79. The number of hydrogen-bond acceptors (Lipinski definition) is 5. The minimum absolute atomic E-state index is 0.108. The Morgan fingerprint density at radius 1 is 1.17 bits per heavy atom. The van der Waals surface area contributed by atoms with E-state index in [2.05, 4.69) is 0 Å². The second kappa shape index (κ2) is 8.75. The lowest BCUT2D eigenvalue weighted by atomic mass is 10.2. The van der Waals surface area contributed by atoms with Crippen molar-refractivity contribution < 1.29 is 22.6 Å². The van der Waals surface area contributed by atoms with Gasteiger partial charge in [-0.3, -0.25) is 0 Å². The van der Waals surface area contributed by atoms with Gasteiger partial charge in [-0.25, -0.2) is 8.42 Å². The van der Waals surface area contributed by atoms with Crippen LogP contribution in [0.3, 0.4) is 0 Å². The molecular weight excluding hydrogens is 318 g/mol. The van der Waals surface area contributed by atoms with Crippen LogP contribution in [0.4, 0.5) is 0 Å². The van der Waals surface area contributed by atoms with Gasteiger partial charge in [0, 0.05) is 19.7 Å². The van der Waals surface area contributed by atoms with Crippen LogP contribution in [0.1, 0.15) is 18.4 Å². The number of ether oxygens (including phenoxy) is 3. The summed E-state index contributed by atoms with van der Waals surface area (Å²) in [6.45, 7) is 3.98. The highest BCUT2D eigenvalue weighted by Crippen LogP contribution is 2.26. The third-order valence-corrected chi connectivity index (χ3v) is 5.80. The highest BCUT2D eigenvalue weighted by molar-refractivity contribution is 7.89. The maximum Gasteiger partial charge on any atom is 0.243 e. The average molecular weight is 343 g/mol. The average Bonchev–Trinajstić information content (AvgIpc) is 3.00. The third kappa shape index (κ3) is 4.99. The normalized spacial score (nSPS) is 19.3. The Morgan fingerprint density at radius 2 is 1.87 bits per heavy atom. The van der Waals surface area contributed by atoms with Gasteiger partial charge in [0.05, 0.1) is 24.7 Å². The van der Waals surface area contributed by atoms with Crippen molar-refractivity contribution in [2.75, 3.05) is 40.3 Å². The maximum absolute atomic E-state index is 12.8. The first-order valence-electron chi connectivity index (χ1n) is 7.78. The van der Waals surface area contributed by atoms with Gasteiger partial charge in [0.15, 0.2) is 0 Å². The number of sulfonamides is 1. The fourth-order valence-electron chi connectivity index (χ4n) is 2.62. The first-order chi connectivity index (χ1) is 11.1. The molecule has 1 atom stereocenters. The van der Waals surface area contributed by atoms with Gasteiger partial charge < -0.3 is 14.2 Å². The molecule has 0 aromatic heterocycles. The lowest BCUT2D eigenvalue weighted by Crippen LogP contribution is -2.38. The van der Waals surface area contributed by atoms with Crippen molar-refractivity contribution in [1.82, 2.24) is 4.31 Å². The molecule has 0 spiro atoms. The summed E-state index contributed by atoms with van der Waals surface area (Å²) in [5.41, 5.74) is 1.04. The van der Waals surface area contributed by atoms with Crippen molar-refractivity contribution in [2.45, 2.75) is 30.7 Å². The topological polar surface area (TPSA) is 65.1 Å². The second-order valence-electron chi connectivity index (χ2n) is 5.61. The van der Waals surface area contributed by atoms with Crippen LogP contribution in [-0.2, 0) is 24.2 Å². The lowest BCUT2D eigenvalue weighted by Gasteiger charge is -2.24. The zero-order valence-corrected chi connectivity index (χ0v) is 14.5. The quantitative estimate of drug-likeness (QED) is 0.505. The first kappa shape index (κ1) is 18.4. The van der Waals surface area contributed by atoms with E-state index in [4.69, 9.17) is 14.2 Å². The molecule has 6 nitrogen and oxygen atoms in total. The number of methoxy groups -OCH3 is 1. The van der Waals surface area contributed by atoms with Crippen molar-refractivity contribution >= 4 is 10.0 Å². The smallest absolute Gasteiger partial charge is 0.243 e. The molecule has 1 aromatic rings. The molecule has 7 heteroatoms. The molecule has 0 saturated carbocycles. The van der Waals surface area contributed by atoms with E-state index in [0.717, 1.165) is 18.4 Å². The molecule has 1 fully saturated rings. The SMILES string of the molecule is COCOCCOC[C@@H]1CCCN1S(=O)(=O)c1ccc(C)cc1. The molecule has 1 aliphatic rings. The minimum Gasteiger partial charge on any atom is -0.377 e. The molecule has 0 N–H and O–H groups in total. The zero-order chi connectivity index (χ0) is 16.7. The van der Waals surface area contributed by atoms with Crippen molar-refractivity contribution in [3.63, 3.8) is 0 Å². The van der Waals surface area contributed by atoms with E-state index < -0.39 is 10.0 Å². The summed E-state index contributed by atoms with van der Waals surface area (Å²) in [5, 5.41) is 0. The van der Waals surface area contributed by atoms with Crippen LogP contribution < -0.4 is 0 Å². The Labute approximate surface area is 138 Å². The van der Waals surface area contributed by atoms with Gasteiger partial charge in [-0.1, -0.05) is 17.7 Å². The van der Waals surface area contributed by atoms with Crippen LogP contribution in [0.25, 0.3) is 0 Å². The number of nitrogens with zero attached hydrogens (tertiary/aromatic N) is 1. The summed E-state index contributed by atoms with van der Waals surface area (Å²) in [7, 11) is -1.89. The Kier molecular flexibility index (Phi) is 6.98. The van der Waals surface area contributed by atoms with Crippen molar-refractivity contribution in [3.05, 3.63) is 29.8 Å². The molecule has 0 unspecified atom stereocenters. The van der Waals surface area contributed by atoms with Crippen LogP contribution >= 0.6 is 0 Å². The van der Waals surface area contributed by atoms with E-state index in [1.165, 1.54) is 0 Å². The van der Waals surface area contributed by atoms with Gasteiger partial charge in [-0.05, 0) is 31.9 Å². The van der Waals surface area contributed by atoms with Crippen LogP contribution in [0.15, 0.2) is 29.2 Å². The van der Waals surface area contributed by atoms with Gasteiger partial charge in [0.25, 0.3) is 0 Å². The predicted molar refractivity (Wildman–Crippen MR) is 86.7 cm³/mol. The number of aryl methyl sites for hydroxylation is 1. The summed E-state index contributed by atoms with van der Waals surface area (Å²) in [4.78, 5) is 0.346. The highest BCUT2D eigenvalue weighted by atomic mass is 32.2. The van der Waals surface area contributed by atoms with Crippen LogP contribution in [-0.4, -0.2) is 59.0 Å². The maximum atomic E-state index is 12.8. The van der Waals surface area contributed by atoms with E-state index in [1.54, 1.807) is 23.5 Å². The molecule has 2 rings (SSSR count). The number of rotatable bonds is 9. The molecular formula is C16H25NO5S. The Bertz CT molecular complexity index is 573. The van der Waals surface area contributed by atoms with E-state index in [0.29, 0.717) is 31.3 Å². The second-order valence-corrected chi connectivity index (χ2v) is 7.51. The number of hydrogen-bond donors (Lipinski definition) is 0.